The lowest BCUT2D eigenvalue weighted by Crippen LogP contribution is -2.50. The molecule has 0 spiro atoms. The van der Waals surface area contributed by atoms with E-state index in [9.17, 15) is 14.4 Å². The van der Waals surface area contributed by atoms with Crippen molar-refractivity contribution >= 4 is 18.0 Å². The van der Waals surface area contributed by atoms with Gasteiger partial charge >= 0.3 is 12.1 Å². The Morgan fingerprint density at radius 3 is 2.14 bits per heavy atom. The molecule has 2 rings (SSSR count). The predicted molar refractivity (Wildman–Crippen MR) is 109 cm³/mol. The van der Waals surface area contributed by atoms with E-state index in [1.807, 2.05) is 27.7 Å². The number of benzene rings is 1. The van der Waals surface area contributed by atoms with E-state index in [-0.39, 0.29) is 6.04 Å². The van der Waals surface area contributed by atoms with Crippen LogP contribution in [0.15, 0.2) is 30.3 Å². The zero-order chi connectivity index (χ0) is 22.0. The van der Waals surface area contributed by atoms with Crippen LogP contribution in [0.4, 0.5) is 4.79 Å². The van der Waals surface area contributed by atoms with Gasteiger partial charge in [0, 0.05) is 5.54 Å². The lowest BCUT2D eigenvalue weighted by atomic mass is 10.1. The van der Waals surface area contributed by atoms with Crippen molar-refractivity contribution in [1.29, 1.82) is 0 Å². The number of esters is 1. The van der Waals surface area contributed by atoms with Gasteiger partial charge in [-0.1, -0.05) is 25.1 Å². The number of nitrogens with one attached hydrogen (secondary N) is 1. The molecule has 160 valence electrons. The summed E-state index contributed by atoms with van der Waals surface area (Å²) < 4.78 is 11.1. The molecule has 1 N–H and O–H groups in total. The molecule has 0 saturated carbocycles. The third-order valence-electron chi connectivity index (χ3n) is 4.32. The summed E-state index contributed by atoms with van der Waals surface area (Å²) in [6.07, 6.45) is -1.02. The lowest BCUT2D eigenvalue weighted by Gasteiger charge is -2.25. The van der Waals surface area contributed by atoms with Crippen molar-refractivity contribution in [3.05, 3.63) is 35.9 Å². The number of hydrogen-bond donors (Lipinski definition) is 1. The van der Waals surface area contributed by atoms with Crippen molar-refractivity contribution in [2.45, 2.75) is 84.2 Å². The van der Waals surface area contributed by atoms with Gasteiger partial charge in [0.25, 0.3) is 5.91 Å². The monoisotopic (exact) mass is 404 g/mol. The van der Waals surface area contributed by atoms with E-state index in [1.165, 1.54) is 4.90 Å². The van der Waals surface area contributed by atoms with Gasteiger partial charge in [-0.05, 0) is 60.1 Å². The third kappa shape index (κ3) is 6.21. The topological polar surface area (TPSA) is 84.7 Å². The molecule has 1 aromatic carbocycles. The number of carbonyl (C=O) groups is 3. The van der Waals surface area contributed by atoms with Gasteiger partial charge in [0.2, 0.25) is 6.10 Å². The van der Waals surface area contributed by atoms with Crippen molar-refractivity contribution in [2.75, 3.05) is 0 Å². The summed E-state index contributed by atoms with van der Waals surface area (Å²) in [5.74, 6) is -1.04. The molecule has 1 aromatic rings. The summed E-state index contributed by atoms with van der Waals surface area (Å²) in [7, 11) is 0. The molecular formula is C22H32N2O5. The summed E-state index contributed by atoms with van der Waals surface area (Å²) >= 11 is 0. The van der Waals surface area contributed by atoms with E-state index in [4.69, 9.17) is 9.47 Å². The van der Waals surface area contributed by atoms with E-state index < -0.39 is 41.3 Å². The zero-order valence-electron chi connectivity index (χ0n) is 18.3. The lowest BCUT2D eigenvalue weighted by molar-refractivity contribution is -0.131. The summed E-state index contributed by atoms with van der Waals surface area (Å²) in [6.45, 7) is 12.8. The molecule has 1 fully saturated rings. The van der Waals surface area contributed by atoms with Crippen LogP contribution in [-0.2, 0) is 14.3 Å². The Bertz CT molecular complexity index is 749. The second kappa shape index (κ2) is 8.43. The molecule has 1 heterocycles. The molecule has 1 aliphatic heterocycles. The quantitative estimate of drug-likeness (QED) is 0.599. The first kappa shape index (κ1) is 22.7. The average Bonchev–Trinajstić information content (AvgIpc) is 3.31. The van der Waals surface area contributed by atoms with Crippen LogP contribution in [0.3, 0.4) is 0 Å². The molecule has 2 amide bonds. The Morgan fingerprint density at radius 2 is 1.66 bits per heavy atom. The Hall–Kier alpha value is -2.57. The van der Waals surface area contributed by atoms with Gasteiger partial charge in [-0.25, -0.2) is 9.59 Å². The Balaban J connectivity index is 2.25. The second-order valence-corrected chi connectivity index (χ2v) is 9.28. The van der Waals surface area contributed by atoms with Crippen LogP contribution in [0.5, 0.6) is 0 Å². The Labute approximate surface area is 172 Å². The molecule has 0 radical (unpaired) electrons. The van der Waals surface area contributed by atoms with E-state index in [2.05, 4.69) is 5.32 Å². The zero-order valence-corrected chi connectivity index (χ0v) is 18.3. The van der Waals surface area contributed by atoms with Crippen molar-refractivity contribution < 1.29 is 23.9 Å². The number of ether oxygens (including phenoxy) is 2. The Morgan fingerprint density at radius 1 is 1.07 bits per heavy atom. The van der Waals surface area contributed by atoms with Crippen molar-refractivity contribution in [2.24, 2.45) is 0 Å². The average molecular weight is 405 g/mol. The van der Waals surface area contributed by atoms with Gasteiger partial charge in [0.05, 0.1) is 11.6 Å². The highest BCUT2D eigenvalue weighted by Crippen LogP contribution is 2.37. The van der Waals surface area contributed by atoms with E-state index >= 15 is 0 Å². The molecule has 0 bridgehead atoms. The van der Waals surface area contributed by atoms with Crippen molar-refractivity contribution in [3.8, 4) is 0 Å². The van der Waals surface area contributed by atoms with Crippen molar-refractivity contribution in [1.82, 2.24) is 10.2 Å². The van der Waals surface area contributed by atoms with E-state index in [0.29, 0.717) is 12.0 Å². The number of amides is 2. The van der Waals surface area contributed by atoms with E-state index in [0.717, 1.165) is 0 Å². The number of nitrogens with zero attached hydrogens (tertiary/aromatic N) is 1. The van der Waals surface area contributed by atoms with Crippen LogP contribution in [0.25, 0.3) is 0 Å². The first-order chi connectivity index (χ1) is 13.3. The summed E-state index contributed by atoms with van der Waals surface area (Å²) in [5, 5.41) is 2.85. The summed E-state index contributed by atoms with van der Waals surface area (Å²) in [5.41, 5.74) is -0.826. The van der Waals surface area contributed by atoms with Gasteiger partial charge in [0.1, 0.15) is 11.6 Å². The maximum Gasteiger partial charge on any atom is 0.411 e. The maximum atomic E-state index is 13.0. The highest BCUT2D eigenvalue weighted by molar-refractivity contribution is 5.93. The van der Waals surface area contributed by atoms with Crippen LogP contribution in [0.2, 0.25) is 0 Å². The smallest absolute Gasteiger partial charge is 0.411 e. The number of rotatable bonds is 5. The molecule has 1 aliphatic rings. The fourth-order valence-electron chi connectivity index (χ4n) is 3.13. The van der Waals surface area contributed by atoms with Gasteiger partial charge in [0.15, 0.2) is 0 Å². The predicted octanol–water partition coefficient (Wildman–Crippen LogP) is 3.52. The van der Waals surface area contributed by atoms with E-state index in [1.54, 1.807) is 51.1 Å². The molecule has 29 heavy (non-hydrogen) atoms. The van der Waals surface area contributed by atoms with Crippen LogP contribution < -0.4 is 5.32 Å². The molecule has 1 saturated heterocycles. The molecule has 0 aliphatic carbocycles. The first-order valence-corrected chi connectivity index (χ1v) is 9.93. The van der Waals surface area contributed by atoms with Crippen LogP contribution in [-0.4, -0.2) is 52.2 Å². The highest BCUT2D eigenvalue weighted by atomic mass is 16.6. The summed E-state index contributed by atoms with van der Waals surface area (Å²) in [4.78, 5) is 39.7. The molecule has 3 atom stereocenters. The normalized spacial score (nSPS) is 19.9. The molecule has 1 unspecified atom stereocenters. The van der Waals surface area contributed by atoms with Gasteiger partial charge in [-0.15, -0.1) is 0 Å². The van der Waals surface area contributed by atoms with Gasteiger partial charge in [-0.3, -0.25) is 9.69 Å². The number of hydrogen-bond acceptors (Lipinski definition) is 5. The largest absolute Gasteiger partial charge is 0.446 e. The van der Waals surface area contributed by atoms with Crippen LogP contribution in [0.1, 0.15) is 65.2 Å². The molecule has 7 nitrogen and oxygen atoms in total. The molecular weight excluding hydrogens is 372 g/mol. The fourth-order valence-corrected chi connectivity index (χ4v) is 3.13. The minimum absolute atomic E-state index is 0.232. The van der Waals surface area contributed by atoms with Crippen LogP contribution in [0, 0.1) is 0 Å². The Kier molecular flexibility index (Phi) is 6.60. The van der Waals surface area contributed by atoms with Crippen LogP contribution >= 0.6 is 0 Å². The van der Waals surface area contributed by atoms with Gasteiger partial charge in [-0.2, -0.15) is 0 Å². The minimum Gasteiger partial charge on any atom is -0.446 e. The van der Waals surface area contributed by atoms with Crippen molar-refractivity contribution in [3.63, 3.8) is 0 Å². The summed E-state index contributed by atoms with van der Waals surface area (Å²) in [6, 6.07) is 7.68. The third-order valence-corrected chi connectivity index (χ3v) is 4.32. The number of carbonyl (C=O) groups excluding carboxylic acids is 3. The second-order valence-electron chi connectivity index (χ2n) is 9.28. The SMILES string of the molecule is CC[C@@H]1[C@H](C(OC(=O)c2ccccc2)C(=O)NC(C)(C)C)N1C(=O)OC(C)(C)C. The van der Waals surface area contributed by atoms with Gasteiger partial charge < -0.3 is 14.8 Å². The first-order valence-electron chi connectivity index (χ1n) is 9.93. The molecule has 0 aromatic heterocycles. The fraction of sp³-hybridized carbons (Fsp3) is 0.591. The maximum absolute atomic E-state index is 13.0. The molecule has 7 heteroatoms. The standard InChI is InChI=1S/C22H32N2O5/c1-8-15-16(24(15)20(27)29-22(5,6)7)17(18(25)23-21(2,3)4)28-19(26)14-12-10-9-11-13-14/h9-13,15-17H,8H2,1-7H3,(H,23,25)/t15-,16-,17?,24?/m1/s1. The highest BCUT2D eigenvalue weighted by Gasteiger charge is 2.59. The minimum atomic E-state index is -1.13.